The van der Waals surface area contributed by atoms with Crippen LogP contribution in [0.4, 0.5) is 0 Å². The number of methoxy groups -OCH3 is 1. The lowest BCUT2D eigenvalue weighted by atomic mass is 10.2. The van der Waals surface area contributed by atoms with Crippen LogP contribution in [0, 0.1) is 0 Å². The molecule has 5 nitrogen and oxygen atoms in total. The van der Waals surface area contributed by atoms with Gasteiger partial charge < -0.3 is 20.5 Å². The summed E-state index contributed by atoms with van der Waals surface area (Å²) in [6, 6.07) is 7.14. The molecule has 7 heteroatoms. The topological polar surface area (TPSA) is 73.6 Å². The first kappa shape index (κ1) is 20.0. The second kappa shape index (κ2) is 10.7. The Balaban J connectivity index is 0.00000400. The number of halogens is 2. The molecule has 0 saturated heterocycles. The van der Waals surface area contributed by atoms with Gasteiger partial charge in [0.15, 0.2) is 0 Å². The first-order valence-electron chi connectivity index (χ1n) is 6.47. The van der Waals surface area contributed by atoms with Crippen molar-refractivity contribution in [3.05, 3.63) is 29.3 Å². The lowest BCUT2D eigenvalue weighted by Gasteiger charge is -2.17. The molecule has 21 heavy (non-hydrogen) atoms. The van der Waals surface area contributed by atoms with Crippen LogP contribution in [0.3, 0.4) is 0 Å². The molecule has 0 bridgehead atoms. The number of nitrogens with two attached hydrogens (primary N) is 1. The number of benzene rings is 1. The third-order valence-corrected chi connectivity index (χ3v) is 2.96. The number of rotatable bonds is 8. The van der Waals surface area contributed by atoms with Gasteiger partial charge in [0.25, 0.3) is 0 Å². The van der Waals surface area contributed by atoms with E-state index < -0.39 is 0 Å². The lowest BCUT2D eigenvalue weighted by molar-refractivity contribution is -0.123. The minimum atomic E-state index is -0.251. The zero-order valence-corrected chi connectivity index (χ0v) is 13.7. The fourth-order valence-electron chi connectivity index (χ4n) is 1.61. The van der Waals surface area contributed by atoms with Crippen molar-refractivity contribution in [1.82, 2.24) is 5.32 Å². The number of carbonyl (C=O) groups excluding carboxylic acids is 1. The van der Waals surface area contributed by atoms with Crippen molar-refractivity contribution in [3.8, 4) is 5.75 Å². The predicted octanol–water partition coefficient (Wildman–Crippen LogP) is 2.01. The summed E-state index contributed by atoms with van der Waals surface area (Å²) in [5.41, 5.74) is 5.46. The quantitative estimate of drug-likeness (QED) is 0.761. The Morgan fingerprint density at radius 1 is 1.48 bits per heavy atom. The van der Waals surface area contributed by atoms with Crippen LogP contribution in [0.5, 0.6) is 5.75 Å². The van der Waals surface area contributed by atoms with Gasteiger partial charge in [0.05, 0.1) is 19.1 Å². The third kappa shape index (κ3) is 8.12. The van der Waals surface area contributed by atoms with Crippen molar-refractivity contribution >= 4 is 29.9 Å². The Hall–Kier alpha value is -1.01. The minimum Gasteiger partial charge on any atom is -0.489 e. The van der Waals surface area contributed by atoms with Gasteiger partial charge in [-0.3, -0.25) is 4.79 Å². The van der Waals surface area contributed by atoms with Crippen molar-refractivity contribution in [3.63, 3.8) is 0 Å². The number of hydrogen-bond acceptors (Lipinski definition) is 4. The van der Waals surface area contributed by atoms with Gasteiger partial charge >= 0.3 is 0 Å². The van der Waals surface area contributed by atoms with E-state index in [1.807, 2.05) is 19.1 Å². The molecule has 0 spiro atoms. The van der Waals surface area contributed by atoms with Crippen LogP contribution in [0.15, 0.2) is 24.3 Å². The highest BCUT2D eigenvalue weighted by Crippen LogP contribution is 2.18. The van der Waals surface area contributed by atoms with Gasteiger partial charge in [0.2, 0.25) is 5.91 Å². The largest absolute Gasteiger partial charge is 0.489 e. The van der Waals surface area contributed by atoms with Crippen LogP contribution in [0.2, 0.25) is 5.02 Å². The van der Waals surface area contributed by atoms with Crippen molar-refractivity contribution < 1.29 is 14.3 Å². The van der Waals surface area contributed by atoms with Crippen molar-refractivity contribution in [2.75, 3.05) is 20.2 Å². The zero-order chi connectivity index (χ0) is 15.0. The molecule has 0 aliphatic heterocycles. The molecule has 0 aliphatic rings. The second-order valence-electron chi connectivity index (χ2n) is 4.49. The maximum absolute atomic E-state index is 11.7. The van der Waals surface area contributed by atoms with Gasteiger partial charge in [-0.15, -0.1) is 12.4 Å². The van der Waals surface area contributed by atoms with Crippen LogP contribution in [0.1, 0.15) is 13.3 Å². The van der Waals surface area contributed by atoms with Crippen molar-refractivity contribution in [1.29, 1.82) is 0 Å². The van der Waals surface area contributed by atoms with Crippen molar-refractivity contribution in [2.24, 2.45) is 5.73 Å². The molecule has 1 rings (SSSR count). The van der Waals surface area contributed by atoms with Gasteiger partial charge in [-0.05, 0) is 25.1 Å². The highest BCUT2D eigenvalue weighted by molar-refractivity contribution is 6.30. The van der Waals surface area contributed by atoms with E-state index in [0.717, 1.165) is 0 Å². The van der Waals surface area contributed by atoms with Crippen LogP contribution >= 0.6 is 24.0 Å². The molecule has 3 N–H and O–H groups in total. The number of carbonyl (C=O) groups is 1. The van der Waals surface area contributed by atoms with E-state index in [-0.39, 0.29) is 36.9 Å². The molecule has 120 valence electrons. The summed E-state index contributed by atoms with van der Waals surface area (Å²) >= 11 is 5.87. The van der Waals surface area contributed by atoms with Crippen LogP contribution in [0.25, 0.3) is 0 Å². The van der Waals surface area contributed by atoms with Crippen LogP contribution in [-0.4, -0.2) is 38.3 Å². The Bertz CT molecular complexity index is 428. The summed E-state index contributed by atoms with van der Waals surface area (Å²) in [5, 5.41) is 3.40. The molecule has 0 saturated carbocycles. The Kier molecular flexibility index (Phi) is 10.2. The Morgan fingerprint density at radius 3 is 2.76 bits per heavy atom. The molecule has 0 heterocycles. The Labute approximate surface area is 136 Å². The normalized spacial score (nSPS) is 13.0. The third-order valence-electron chi connectivity index (χ3n) is 2.73. The molecule has 0 fully saturated rings. The van der Waals surface area contributed by atoms with E-state index in [1.54, 1.807) is 12.1 Å². The maximum Gasteiger partial charge on any atom is 0.222 e. The van der Waals surface area contributed by atoms with Gasteiger partial charge in [-0.2, -0.15) is 0 Å². The SMILES string of the molecule is COC(CN)CC(=O)NCC(C)Oc1cccc(Cl)c1.Cl. The average Bonchev–Trinajstić information content (AvgIpc) is 2.42. The number of hydrogen-bond donors (Lipinski definition) is 2. The van der Waals surface area contributed by atoms with E-state index in [1.165, 1.54) is 7.11 Å². The van der Waals surface area contributed by atoms with Gasteiger partial charge in [0, 0.05) is 18.7 Å². The molecule has 2 atom stereocenters. The van der Waals surface area contributed by atoms with Gasteiger partial charge in [-0.25, -0.2) is 0 Å². The summed E-state index contributed by atoms with van der Waals surface area (Å²) in [6.07, 6.45) is -0.160. The molecule has 1 aromatic carbocycles. The number of nitrogens with one attached hydrogen (secondary N) is 1. The molecule has 0 radical (unpaired) electrons. The van der Waals surface area contributed by atoms with Gasteiger partial charge in [-0.1, -0.05) is 17.7 Å². The Morgan fingerprint density at radius 2 is 2.19 bits per heavy atom. The zero-order valence-electron chi connectivity index (χ0n) is 12.2. The standard InChI is InChI=1S/C14H21ClN2O3.ClH/c1-10(20-12-5-3-4-11(15)6-12)9-17-14(18)7-13(8-16)19-2;/h3-6,10,13H,7-9,16H2,1-2H3,(H,17,18);1H. The minimum absolute atomic E-state index is 0. The fourth-order valence-corrected chi connectivity index (χ4v) is 1.79. The van der Waals surface area contributed by atoms with Crippen molar-refractivity contribution in [2.45, 2.75) is 25.6 Å². The monoisotopic (exact) mass is 336 g/mol. The van der Waals surface area contributed by atoms with E-state index in [9.17, 15) is 4.79 Å². The predicted molar refractivity (Wildman–Crippen MR) is 86.3 cm³/mol. The van der Waals surface area contributed by atoms with E-state index >= 15 is 0 Å². The summed E-state index contributed by atoms with van der Waals surface area (Å²) < 4.78 is 10.7. The average molecular weight is 337 g/mol. The van der Waals surface area contributed by atoms with Crippen LogP contribution < -0.4 is 15.8 Å². The first-order valence-corrected chi connectivity index (χ1v) is 6.84. The molecule has 1 amide bonds. The van der Waals surface area contributed by atoms with E-state index in [4.69, 9.17) is 26.8 Å². The van der Waals surface area contributed by atoms with E-state index in [0.29, 0.717) is 23.9 Å². The smallest absolute Gasteiger partial charge is 0.222 e. The number of ether oxygens (including phenoxy) is 2. The second-order valence-corrected chi connectivity index (χ2v) is 4.92. The lowest BCUT2D eigenvalue weighted by Crippen LogP contribution is -2.37. The molecule has 1 aromatic rings. The van der Waals surface area contributed by atoms with Gasteiger partial charge in [0.1, 0.15) is 11.9 Å². The molecular weight excluding hydrogens is 315 g/mol. The molecular formula is C14H22Cl2N2O3. The highest BCUT2D eigenvalue weighted by Gasteiger charge is 2.12. The summed E-state index contributed by atoms with van der Waals surface area (Å²) in [6.45, 7) is 2.60. The van der Waals surface area contributed by atoms with Crippen LogP contribution in [-0.2, 0) is 9.53 Å². The summed E-state index contributed by atoms with van der Waals surface area (Å²) in [7, 11) is 1.54. The highest BCUT2D eigenvalue weighted by atomic mass is 35.5. The molecule has 0 aliphatic carbocycles. The molecule has 2 unspecified atom stereocenters. The van der Waals surface area contributed by atoms with E-state index in [2.05, 4.69) is 5.32 Å². The fraction of sp³-hybridized carbons (Fsp3) is 0.500. The molecule has 0 aromatic heterocycles. The maximum atomic E-state index is 11.7. The summed E-state index contributed by atoms with van der Waals surface area (Å²) in [4.78, 5) is 11.7. The first-order chi connectivity index (χ1) is 9.55. The number of amides is 1. The summed E-state index contributed by atoms with van der Waals surface area (Å²) in [5.74, 6) is 0.569.